The first-order valence-electron chi connectivity index (χ1n) is 6.52. The molecule has 0 atom stereocenters. The van der Waals surface area contributed by atoms with E-state index in [0.717, 1.165) is 30.6 Å². The number of nitrogens with zero attached hydrogens (tertiary/aromatic N) is 1. The second-order valence-corrected chi connectivity index (χ2v) is 6.17. The maximum atomic E-state index is 6.27. The molecule has 0 saturated heterocycles. The van der Waals surface area contributed by atoms with Crippen molar-refractivity contribution in [2.45, 2.75) is 19.9 Å². The number of nitrogens with one attached hydrogen (secondary N) is 1. The molecule has 1 aromatic heterocycles. The van der Waals surface area contributed by atoms with Crippen LogP contribution < -0.4 is 5.32 Å². The van der Waals surface area contributed by atoms with E-state index in [2.05, 4.69) is 17.2 Å². The van der Waals surface area contributed by atoms with E-state index in [9.17, 15) is 0 Å². The maximum absolute atomic E-state index is 6.27. The highest BCUT2D eigenvalue weighted by Gasteiger charge is 2.16. The van der Waals surface area contributed by atoms with Crippen LogP contribution in [0.1, 0.15) is 18.9 Å². The molecule has 0 bridgehead atoms. The molecule has 0 saturated carbocycles. The Bertz CT molecular complexity index is 644. The van der Waals surface area contributed by atoms with E-state index < -0.39 is 0 Å². The zero-order valence-electron chi connectivity index (χ0n) is 11.4. The summed E-state index contributed by atoms with van der Waals surface area (Å²) in [4.78, 5) is 4.24. The molecule has 0 amide bonds. The minimum absolute atomic E-state index is 0.298. The van der Waals surface area contributed by atoms with Crippen molar-refractivity contribution in [3.05, 3.63) is 50.2 Å². The molecule has 1 heterocycles. The van der Waals surface area contributed by atoms with Gasteiger partial charge in [0.1, 0.15) is 0 Å². The van der Waals surface area contributed by atoms with Gasteiger partial charge in [-0.3, -0.25) is 4.98 Å². The Hall–Kier alpha value is -0.510. The van der Waals surface area contributed by atoms with Crippen molar-refractivity contribution in [3.63, 3.8) is 0 Å². The molecule has 0 fully saturated rings. The van der Waals surface area contributed by atoms with E-state index in [4.69, 9.17) is 46.4 Å². The van der Waals surface area contributed by atoms with E-state index in [-0.39, 0.29) is 0 Å². The van der Waals surface area contributed by atoms with Gasteiger partial charge in [0.25, 0.3) is 0 Å². The van der Waals surface area contributed by atoms with Crippen molar-refractivity contribution in [3.8, 4) is 11.1 Å². The van der Waals surface area contributed by atoms with Gasteiger partial charge in [-0.05, 0) is 30.7 Å². The van der Waals surface area contributed by atoms with Gasteiger partial charge in [0.15, 0.2) is 0 Å². The van der Waals surface area contributed by atoms with Crippen LogP contribution in [-0.2, 0) is 6.54 Å². The number of hydrogen-bond donors (Lipinski definition) is 1. The first-order chi connectivity index (χ1) is 10.0. The van der Waals surface area contributed by atoms with Crippen molar-refractivity contribution in [1.82, 2.24) is 10.3 Å². The average molecular weight is 364 g/mol. The van der Waals surface area contributed by atoms with Gasteiger partial charge < -0.3 is 5.32 Å². The summed E-state index contributed by atoms with van der Waals surface area (Å²) in [6.45, 7) is 3.82. The van der Waals surface area contributed by atoms with Crippen molar-refractivity contribution in [2.75, 3.05) is 6.54 Å². The molecule has 2 rings (SSSR count). The first kappa shape index (κ1) is 16.9. The number of aromatic nitrogens is 1. The molecule has 112 valence electrons. The van der Waals surface area contributed by atoms with E-state index in [0.29, 0.717) is 25.7 Å². The maximum Gasteiger partial charge on any atom is 0.0785 e. The van der Waals surface area contributed by atoms with Gasteiger partial charge in [0, 0.05) is 30.1 Å². The predicted molar refractivity (Wildman–Crippen MR) is 91.7 cm³/mol. The van der Waals surface area contributed by atoms with E-state index in [1.165, 1.54) is 0 Å². The van der Waals surface area contributed by atoms with Crippen molar-refractivity contribution < 1.29 is 0 Å². The standard InChI is InChI=1S/C15H14Cl4N2/c1-2-3-20-6-9-4-10(8-21-7-9)13-11(16)5-12(17)14(18)15(13)19/h4-5,7-8,20H,2-3,6H2,1H3. The lowest BCUT2D eigenvalue weighted by atomic mass is 10.1. The molecule has 1 N–H and O–H groups in total. The van der Waals surface area contributed by atoms with Crippen LogP contribution in [0.25, 0.3) is 11.1 Å². The van der Waals surface area contributed by atoms with Gasteiger partial charge in [0.2, 0.25) is 0 Å². The van der Waals surface area contributed by atoms with Gasteiger partial charge in [-0.25, -0.2) is 0 Å². The molecule has 2 nitrogen and oxygen atoms in total. The molecule has 21 heavy (non-hydrogen) atoms. The summed E-state index contributed by atoms with van der Waals surface area (Å²) in [7, 11) is 0. The summed E-state index contributed by atoms with van der Waals surface area (Å²) in [5.74, 6) is 0. The number of hydrogen-bond acceptors (Lipinski definition) is 2. The van der Waals surface area contributed by atoms with Crippen molar-refractivity contribution in [1.29, 1.82) is 0 Å². The molecule has 0 aliphatic heterocycles. The highest BCUT2D eigenvalue weighted by molar-refractivity contribution is 6.51. The van der Waals surface area contributed by atoms with Gasteiger partial charge in [-0.2, -0.15) is 0 Å². The molecular weight excluding hydrogens is 350 g/mol. The summed E-state index contributed by atoms with van der Waals surface area (Å²) in [6, 6.07) is 3.58. The van der Waals surface area contributed by atoms with Crippen LogP contribution in [0.5, 0.6) is 0 Å². The topological polar surface area (TPSA) is 24.9 Å². The lowest BCUT2D eigenvalue weighted by Crippen LogP contribution is -2.13. The smallest absolute Gasteiger partial charge is 0.0785 e. The SMILES string of the molecule is CCCNCc1cncc(-c2c(Cl)cc(Cl)c(Cl)c2Cl)c1. The lowest BCUT2D eigenvalue weighted by molar-refractivity contribution is 0.674. The van der Waals surface area contributed by atoms with Gasteiger partial charge in [0.05, 0.1) is 20.1 Å². The largest absolute Gasteiger partial charge is 0.313 e. The van der Waals surface area contributed by atoms with E-state index >= 15 is 0 Å². The summed E-state index contributed by atoms with van der Waals surface area (Å²) < 4.78 is 0. The van der Waals surface area contributed by atoms with Gasteiger partial charge in [-0.15, -0.1) is 0 Å². The fraction of sp³-hybridized carbons (Fsp3) is 0.267. The lowest BCUT2D eigenvalue weighted by Gasteiger charge is -2.11. The Morgan fingerprint density at radius 1 is 1.00 bits per heavy atom. The van der Waals surface area contributed by atoms with Crippen molar-refractivity contribution in [2.24, 2.45) is 0 Å². The van der Waals surface area contributed by atoms with Crippen LogP contribution in [0.4, 0.5) is 0 Å². The Labute approximate surface area is 144 Å². The van der Waals surface area contributed by atoms with Crippen LogP contribution >= 0.6 is 46.4 Å². The van der Waals surface area contributed by atoms with Crippen LogP contribution in [0, 0.1) is 0 Å². The number of halogens is 4. The monoisotopic (exact) mass is 362 g/mol. The molecule has 0 radical (unpaired) electrons. The highest BCUT2D eigenvalue weighted by Crippen LogP contribution is 2.42. The summed E-state index contributed by atoms with van der Waals surface area (Å²) >= 11 is 24.6. The number of rotatable bonds is 5. The molecule has 0 aliphatic carbocycles. The summed E-state index contributed by atoms with van der Waals surface area (Å²) in [5.41, 5.74) is 2.52. The molecule has 6 heteroatoms. The highest BCUT2D eigenvalue weighted by atomic mass is 35.5. The van der Waals surface area contributed by atoms with E-state index in [1.54, 1.807) is 12.3 Å². The normalized spacial score (nSPS) is 10.9. The van der Waals surface area contributed by atoms with Crippen LogP contribution in [0.2, 0.25) is 20.1 Å². The Kier molecular flexibility index (Phi) is 6.15. The van der Waals surface area contributed by atoms with Gasteiger partial charge in [-0.1, -0.05) is 53.3 Å². The van der Waals surface area contributed by atoms with Gasteiger partial charge >= 0.3 is 0 Å². The molecule has 0 unspecified atom stereocenters. The van der Waals surface area contributed by atoms with E-state index in [1.807, 2.05) is 12.3 Å². The fourth-order valence-corrected chi connectivity index (χ4v) is 3.09. The second-order valence-electron chi connectivity index (χ2n) is 4.60. The predicted octanol–water partition coefficient (Wildman–Crippen LogP) is 5.86. The Morgan fingerprint density at radius 2 is 1.76 bits per heavy atom. The zero-order chi connectivity index (χ0) is 15.4. The molecule has 1 aromatic carbocycles. The van der Waals surface area contributed by atoms with Crippen LogP contribution in [0.3, 0.4) is 0 Å². The minimum Gasteiger partial charge on any atom is -0.313 e. The summed E-state index contributed by atoms with van der Waals surface area (Å²) in [6.07, 6.45) is 4.60. The fourth-order valence-electron chi connectivity index (χ4n) is 1.96. The van der Waals surface area contributed by atoms with Crippen LogP contribution in [0.15, 0.2) is 24.5 Å². The average Bonchev–Trinajstić information content (AvgIpc) is 2.46. The first-order valence-corrected chi connectivity index (χ1v) is 8.03. The molecule has 0 aliphatic rings. The van der Waals surface area contributed by atoms with Crippen LogP contribution in [-0.4, -0.2) is 11.5 Å². The second kappa shape index (κ2) is 7.66. The molecular formula is C15H14Cl4N2. The Balaban J connectivity index is 2.39. The zero-order valence-corrected chi connectivity index (χ0v) is 14.4. The quantitative estimate of drug-likeness (QED) is 0.408. The summed E-state index contributed by atoms with van der Waals surface area (Å²) in [5, 5.41) is 4.76. The molecule has 0 spiro atoms. The third-order valence-corrected chi connectivity index (χ3v) is 4.51. The van der Waals surface area contributed by atoms with Crippen molar-refractivity contribution >= 4 is 46.4 Å². The molecule has 2 aromatic rings. The Morgan fingerprint density at radius 3 is 2.48 bits per heavy atom. The number of benzene rings is 1. The number of pyridine rings is 1. The third kappa shape index (κ3) is 4.02. The minimum atomic E-state index is 0.298. The third-order valence-electron chi connectivity index (χ3n) is 2.95.